The first-order valence-corrected chi connectivity index (χ1v) is 13.0. The van der Waals surface area contributed by atoms with Crippen molar-refractivity contribution < 1.29 is 34.5 Å². The maximum atomic E-state index is 12.4. The quantitative estimate of drug-likeness (QED) is 0.141. The molecule has 0 spiro atoms. The van der Waals surface area contributed by atoms with Crippen LogP contribution in [0, 0.1) is 5.92 Å². The first-order chi connectivity index (χ1) is 19.3. The number of rotatable bonds is 12. The molecule has 0 bridgehead atoms. The van der Waals surface area contributed by atoms with Crippen molar-refractivity contribution in [2.45, 2.75) is 37.9 Å². The van der Waals surface area contributed by atoms with E-state index in [4.69, 9.17) is 21.7 Å². The Kier molecular flexibility index (Phi) is 12.2. The highest BCUT2D eigenvalue weighted by molar-refractivity contribution is 7.80. The van der Waals surface area contributed by atoms with Crippen molar-refractivity contribution in [2.24, 2.45) is 11.7 Å². The zero-order valence-electron chi connectivity index (χ0n) is 22.1. The number of hydrogen-bond donors (Lipinski definition) is 11. The molecule has 4 atom stereocenters. The van der Waals surface area contributed by atoms with Crippen LogP contribution >= 0.6 is 12.6 Å². The number of carbonyl (C=O) groups is 4. The molecule has 1 aliphatic rings. The minimum atomic E-state index is -1.32. The van der Waals surface area contributed by atoms with Gasteiger partial charge in [0.25, 0.3) is 11.5 Å². The van der Waals surface area contributed by atoms with E-state index in [1.807, 2.05) is 0 Å². The summed E-state index contributed by atoms with van der Waals surface area (Å²) in [5, 5.41) is 38.1. The van der Waals surface area contributed by atoms with Crippen LogP contribution in [-0.2, 0) is 14.4 Å². The molecule has 0 saturated carbocycles. The molecule has 1 aromatic carbocycles. The molecular formula is C24H34N8O8S. The molecule has 1 amide bonds. The van der Waals surface area contributed by atoms with Crippen LogP contribution in [0.15, 0.2) is 29.1 Å². The van der Waals surface area contributed by atoms with Crippen molar-refractivity contribution in [1.82, 2.24) is 15.3 Å². The van der Waals surface area contributed by atoms with Gasteiger partial charge in [0.05, 0.1) is 12.0 Å². The maximum absolute atomic E-state index is 12.4. The van der Waals surface area contributed by atoms with Crippen LogP contribution in [0.25, 0.3) is 0 Å². The third-order valence-corrected chi connectivity index (χ3v) is 6.13. The fourth-order valence-electron chi connectivity index (χ4n) is 3.51. The van der Waals surface area contributed by atoms with E-state index in [0.29, 0.717) is 42.5 Å². The summed E-state index contributed by atoms with van der Waals surface area (Å²) in [4.78, 5) is 63.1. The Morgan fingerprint density at radius 1 is 1.12 bits per heavy atom. The highest BCUT2D eigenvalue weighted by Gasteiger charge is 2.26. The molecule has 2 heterocycles. The smallest absolute Gasteiger partial charge is 0.326 e. The molecular weight excluding hydrogens is 560 g/mol. The number of carboxylic acids is 3. The number of benzene rings is 1. The molecule has 3 unspecified atom stereocenters. The normalized spacial score (nSPS) is 15.7. The lowest BCUT2D eigenvalue weighted by Gasteiger charge is -2.27. The predicted octanol–water partition coefficient (Wildman–Crippen LogP) is -0.318. The molecule has 0 radical (unpaired) electrons. The van der Waals surface area contributed by atoms with E-state index in [0.717, 1.165) is 0 Å². The van der Waals surface area contributed by atoms with Gasteiger partial charge in [-0.3, -0.25) is 24.2 Å². The number of thiol groups is 1. The number of anilines is 4. The van der Waals surface area contributed by atoms with Gasteiger partial charge >= 0.3 is 17.9 Å². The number of carbonyl (C=O) groups excluding carboxylic acids is 1. The van der Waals surface area contributed by atoms with Crippen molar-refractivity contribution >= 4 is 59.6 Å². The van der Waals surface area contributed by atoms with Gasteiger partial charge in [0.15, 0.2) is 5.82 Å². The Bertz CT molecular complexity index is 1290. The van der Waals surface area contributed by atoms with Crippen molar-refractivity contribution in [3.05, 3.63) is 40.2 Å². The summed E-state index contributed by atoms with van der Waals surface area (Å²) >= 11 is 3.81. The highest BCUT2D eigenvalue weighted by Crippen LogP contribution is 2.20. The zero-order chi connectivity index (χ0) is 30.7. The van der Waals surface area contributed by atoms with Crippen LogP contribution < -0.4 is 38.3 Å². The van der Waals surface area contributed by atoms with Gasteiger partial charge in [-0.05, 0) is 42.9 Å². The van der Waals surface area contributed by atoms with E-state index in [2.05, 4.69) is 43.9 Å². The number of amides is 1. The SMILES string of the molecule is CC(CC(NC(=O)c1ccc(NCC2CNc3nc(N)[nH]c(=O)c3N2)cc1)C(=O)O)C(=O)O.N[C@@H](CCS)C(=O)O. The van der Waals surface area contributed by atoms with Gasteiger partial charge in [-0.2, -0.15) is 17.6 Å². The summed E-state index contributed by atoms with van der Waals surface area (Å²) in [5.41, 5.74) is 11.5. The fraction of sp³-hybridized carbons (Fsp3) is 0.417. The third kappa shape index (κ3) is 10.2. The standard InChI is InChI=1S/C20H25N7O6.C4H9NO2S/c1-9(18(30)31)6-13(19(32)33)25-16(28)10-2-4-11(5-3-10)22-7-12-8-23-15-14(24-12)17(29)27-20(21)26-15;5-3(1-2-8)4(6)7/h2-5,9,12-13,22,24H,6-8H2,1H3,(H,25,28)(H,30,31)(H,32,33)(H4,21,23,26,27,29);3,8H,1-2,5H2,(H,6,7)/t;3-/m.0/s1. The molecule has 17 heteroatoms. The third-order valence-electron chi connectivity index (χ3n) is 5.87. The molecule has 0 saturated heterocycles. The average molecular weight is 595 g/mol. The minimum Gasteiger partial charge on any atom is -0.481 e. The Balaban J connectivity index is 0.000000642. The zero-order valence-corrected chi connectivity index (χ0v) is 23.0. The topological polar surface area (TPSA) is 275 Å². The number of H-pyrrole nitrogens is 1. The van der Waals surface area contributed by atoms with Gasteiger partial charge in [-0.1, -0.05) is 6.92 Å². The summed E-state index contributed by atoms with van der Waals surface area (Å²) in [6, 6.07) is 4.18. The molecule has 2 aromatic rings. The Hall–Kier alpha value is -4.51. The lowest BCUT2D eigenvalue weighted by molar-refractivity contribution is -0.143. The van der Waals surface area contributed by atoms with Crippen molar-refractivity contribution in [3.63, 3.8) is 0 Å². The number of nitrogens with one attached hydrogen (secondary N) is 5. The lowest BCUT2D eigenvalue weighted by Crippen LogP contribution is -2.42. The van der Waals surface area contributed by atoms with E-state index in [9.17, 15) is 29.1 Å². The van der Waals surface area contributed by atoms with Crippen LogP contribution in [0.3, 0.4) is 0 Å². The molecule has 41 heavy (non-hydrogen) atoms. The van der Waals surface area contributed by atoms with Crippen LogP contribution in [0.2, 0.25) is 0 Å². The number of hydrogen-bond acceptors (Lipinski definition) is 12. The van der Waals surface area contributed by atoms with Gasteiger partial charge < -0.3 is 48.1 Å². The van der Waals surface area contributed by atoms with E-state index in [1.54, 1.807) is 12.1 Å². The Labute approximate surface area is 239 Å². The molecule has 3 rings (SSSR count). The summed E-state index contributed by atoms with van der Waals surface area (Å²) in [7, 11) is 0. The second-order valence-corrected chi connectivity index (χ2v) is 9.60. The van der Waals surface area contributed by atoms with Crippen LogP contribution in [-0.4, -0.2) is 86.1 Å². The molecule has 1 aromatic heterocycles. The Morgan fingerprint density at radius 2 is 1.78 bits per heavy atom. The number of nitrogens with zero attached hydrogens (tertiary/aromatic N) is 1. The second kappa shape index (κ2) is 15.3. The summed E-state index contributed by atoms with van der Waals surface area (Å²) in [6.07, 6.45) is 0.199. The first-order valence-electron chi connectivity index (χ1n) is 12.4. The number of nitrogen functional groups attached to an aromatic ring is 1. The van der Waals surface area contributed by atoms with Gasteiger partial charge in [-0.25, -0.2) is 4.79 Å². The van der Waals surface area contributed by atoms with Gasteiger partial charge in [-0.15, -0.1) is 0 Å². The molecule has 224 valence electrons. The van der Waals surface area contributed by atoms with Crippen LogP contribution in [0.5, 0.6) is 0 Å². The maximum Gasteiger partial charge on any atom is 0.326 e. The Morgan fingerprint density at radius 3 is 2.32 bits per heavy atom. The van der Waals surface area contributed by atoms with Crippen LogP contribution in [0.4, 0.5) is 23.1 Å². The summed E-state index contributed by atoms with van der Waals surface area (Å²) in [6.45, 7) is 2.33. The number of nitrogens with two attached hydrogens (primary N) is 2. The van der Waals surface area contributed by atoms with E-state index < -0.39 is 41.8 Å². The van der Waals surface area contributed by atoms with E-state index in [1.165, 1.54) is 19.1 Å². The molecule has 16 nitrogen and oxygen atoms in total. The monoisotopic (exact) mass is 594 g/mol. The van der Waals surface area contributed by atoms with Gasteiger partial charge in [0.1, 0.15) is 17.8 Å². The number of fused-ring (bicyclic) bond motifs is 1. The highest BCUT2D eigenvalue weighted by atomic mass is 32.1. The largest absolute Gasteiger partial charge is 0.481 e. The number of carboxylic acid groups (broad SMARTS) is 3. The van der Waals surface area contributed by atoms with E-state index >= 15 is 0 Å². The fourth-order valence-corrected chi connectivity index (χ4v) is 3.79. The van der Waals surface area contributed by atoms with Crippen LogP contribution in [0.1, 0.15) is 30.1 Å². The van der Waals surface area contributed by atoms with E-state index in [-0.39, 0.29) is 29.5 Å². The molecule has 0 fully saturated rings. The number of aliphatic carboxylic acids is 3. The number of aromatic nitrogens is 2. The molecule has 0 aliphatic carbocycles. The van der Waals surface area contributed by atoms with Gasteiger partial charge in [0.2, 0.25) is 5.95 Å². The summed E-state index contributed by atoms with van der Waals surface area (Å²) < 4.78 is 0. The first kappa shape index (κ1) is 32.7. The lowest BCUT2D eigenvalue weighted by atomic mass is 10.0. The van der Waals surface area contributed by atoms with Crippen molar-refractivity contribution in [2.75, 3.05) is 40.5 Å². The van der Waals surface area contributed by atoms with Crippen molar-refractivity contribution in [1.29, 1.82) is 0 Å². The van der Waals surface area contributed by atoms with Crippen molar-refractivity contribution in [3.8, 4) is 0 Å². The van der Waals surface area contributed by atoms with Gasteiger partial charge in [0, 0.05) is 24.3 Å². The summed E-state index contributed by atoms with van der Waals surface area (Å²) in [5.74, 6) is -4.00. The minimum absolute atomic E-state index is 0.0276. The predicted molar refractivity (Wildman–Crippen MR) is 154 cm³/mol. The molecule has 1 aliphatic heterocycles. The average Bonchev–Trinajstić information content (AvgIpc) is 2.92. The number of aromatic amines is 1. The second-order valence-electron chi connectivity index (χ2n) is 9.15. The molecule has 12 N–H and O–H groups in total.